The van der Waals surface area contributed by atoms with Crippen molar-refractivity contribution in [2.75, 3.05) is 6.54 Å². The summed E-state index contributed by atoms with van der Waals surface area (Å²) in [5.74, 6) is 0.778. The number of nitrogens with zero attached hydrogens (tertiary/aromatic N) is 2. The number of carboxylic acid groups (broad SMARTS) is 1. The van der Waals surface area contributed by atoms with Crippen molar-refractivity contribution in [1.29, 1.82) is 0 Å². The van der Waals surface area contributed by atoms with Crippen molar-refractivity contribution in [3.05, 3.63) is 77.4 Å². The minimum Gasteiger partial charge on any atom is -0.504 e. The molecule has 1 aliphatic rings. The van der Waals surface area contributed by atoms with Crippen LogP contribution >= 0.6 is 0 Å². The fourth-order valence-electron chi connectivity index (χ4n) is 4.50. The summed E-state index contributed by atoms with van der Waals surface area (Å²) >= 11 is 0. The monoisotopic (exact) mass is 475 g/mol. The van der Waals surface area contributed by atoms with Gasteiger partial charge in [0.15, 0.2) is 11.4 Å². The van der Waals surface area contributed by atoms with Crippen molar-refractivity contribution in [1.82, 2.24) is 15.3 Å². The zero-order valence-electron chi connectivity index (χ0n) is 19.6. The predicted octanol–water partition coefficient (Wildman–Crippen LogP) is 4.61. The molecule has 1 amide bonds. The number of carbonyl (C=O) groups is 2. The van der Waals surface area contributed by atoms with E-state index >= 15 is 0 Å². The van der Waals surface area contributed by atoms with Gasteiger partial charge in [-0.15, -0.1) is 0 Å². The number of hydrogen-bond acceptors (Lipinski definition) is 6. The lowest BCUT2D eigenvalue weighted by molar-refractivity contribution is -0.135. The molecular weight excluding hydrogens is 446 g/mol. The molecule has 1 heterocycles. The lowest BCUT2D eigenvalue weighted by atomic mass is 9.77. The lowest BCUT2D eigenvalue weighted by Crippen LogP contribution is -2.30. The van der Waals surface area contributed by atoms with Gasteiger partial charge in [0.25, 0.3) is 5.91 Å². The summed E-state index contributed by atoms with van der Waals surface area (Å²) in [5.41, 5.74) is 1.43. The summed E-state index contributed by atoms with van der Waals surface area (Å²) in [6.07, 6.45) is 4.73. The molecule has 1 aliphatic carbocycles. The number of carboxylic acids is 1. The summed E-state index contributed by atoms with van der Waals surface area (Å²) in [7, 11) is 0. The summed E-state index contributed by atoms with van der Waals surface area (Å²) in [5, 5.41) is 21.2. The van der Waals surface area contributed by atoms with Crippen molar-refractivity contribution in [2.45, 2.75) is 44.9 Å². The van der Waals surface area contributed by atoms with E-state index in [1.807, 2.05) is 42.5 Å². The molecule has 2 aromatic carbocycles. The van der Waals surface area contributed by atoms with Crippen molar-refractivity contribution >= 4 is 11.9 Å². The van der Waals surface area contributed by atoms with Gasteiger partial charge in [-0.3, -0.25) is 9.59 Å². The molecule has 3 N–H and O–H groups in total. The molecule has 1 aromatic heterocycles. The molecule has 0 spiro atoms. The van der Waals surface area contributed by atoms with Gasteiger partial charge in [-0.1, -0.05) is 30.3 Å². The summed E-state index contributed by atoms with van der Waals surface area (Å²) in [4.78, 5) is 31.6. The molecule has 0 radical (unpaired) electrons. The van der Waals surface area contributed by atoms with E-state index in [0.717, 1.165) is 37.2 Å². The molecule has 0 bridgehead atoms. The van der Waals surface area contributed by atoms with E-state index in [-0.39, 0.29) is 11.4 Å². The second-order valence-electron chi connectivity index (χ2n) is 8.90. The third-order valence-corrected chi connectivity index (χ3v) is 6.37. The number of benzene rings is 2. The molecule has 0 saturated heterocycles. The van der Waals surface area contributed by atoms with Gasteiger partial charge in [0.05, 0.1) is 5.69 Å². The molecule has 35 heavy (non-hydrogen) atoms. The number of aryl methyl sites for hydroxylation is 1. The van der Waals surface area contributed by atoms with Crippen LogP contribution in [0.3, 0.4) is 0 Å². The topological polar surface area (TPSA) is 122 Å². The van der Waals surface area contributed by atoms with Crippen molar-refractivity contribution in [3.63, 3.8) is 0 Å². The smallest absolute Gasteiger partial charge is 0.322 e. The zero-order chi connectivity index (χ0) is 24.8. The molecule has 8 heteroatoms. The van der Waals surface area contributed by atoms with Crippen molar-refractivity contribution in [3.8, 4) is 17.2 Å². The van der Waals surface area contributed by atoms with Crippen LogP contribution in [0.15, 0.2) is 54.6 Å². The maximum atomic E-state index is 12.3. The SMILES string of the molecule is Cc1nc(CC2CCC(c3ccc(Oc4ccccc4)cc3)CC2)nc(C(=O)NCC(=O)O)c1O. The van der Waals surface area contributed by atoms with Gasteiger partial charge in [0, 0.05) is 6.42 Å². The van der Waals surface area contributed by atoms with Gasteiger partial charge >= 0.3 is 5.97 Å². The van der Waals surface area contributed by atoms with Crippen LogP contribution in [0.5, 0.6) is 17.2 Å². The molecule has 3 aromatic rings. The van der Waals surface area contributed by atoms with Gasteiger partial charge < -0.3 is 20.3 Å². The first kappa shape index (κ1) is 24.2. The molecule has 1 saturated carbocycles. The molecule has 182 valence electrons. The van der Waals surface area contributed by atoms with Crippen molar-refractivity contribution in [2.24, 2.45) is 5.92 Å². The van der Waals surface area contributed by atoms with E-state index in [2.05, 4.69) is 27.4 Å². The van der Waals surface area contributed by atoms with Crippen LogP contribution in [0.25, 0.3) is 0 Å². The average Bonchev–Trinajstić information content (AvgIpc) is 2.86. The first-order valence-corrected chi connectivity index (χ1v) is 11.8. The van der Waals surface area contributed by atoms with Gasteiger partial charge in [-0.2, -0.15) is 0 Å². The molecule has 4 rings (SSSR count). The number of rotatable bonds is 8. The summed E-state index contributed by atoms with van der Waals surface area (Å²) < 4.78 is 5.89. The number of amides is 1. The van der Waals surface area contributed by atoms with Crippen LogP contribution in [-0.2, 0) is 11.2 Å². The Bertz CT molecular complexity index is 1170. The third-order valence-electron chi connectivity index (χ3n) is 6.37. The van der Waals surface area contributed by atoms with Crippen LogP contribution in [0.1, 0.15) is 59.2 Å². The maximum absolute atomic E-state index is 12.3. The molecule has 0 aliphatic heterocycles. The Kier molecular flexibility index (Phi) is 7.60. The van der Waals surface area contributed by atoms with E-state index in [1.165, 1.54) is 5.56 Å². The van der Waals surface area contributed by atoms with E-state index < -0.39 is 18.4 Å². The fraction of sp³-hybridized carbons (Fsp3) is 0.333. The normalized spacial score (nSPS) is 17.5. The number of ether oxygens (including phenoxy) is 1. The Hall–Kier alpha value is -3.94. The number of carbonyl (C=O) groups excluding carboxylic acids is 1. The van der Waals surface area contributed by atoms with E-state index in [9.17, 15) is 14.7 Å². The minimum absolute atomic E-state index is 0.180. The van der Waals surface area contributed by atoms with Gasteiger partial charge in [-0.05, 0) is 74.3 Å². The lowest BCUT2D eigenvalue weighted by Gasteiger charge is -2.28. The molecule has 0 unspecified atom stereocenters. The Balaban J connectivity index is 1.33. The highest BCUT2D eigenvalue weighted by molar-refractivity contribution is 5.96. The Morgan fingerprint density at radius 3 is 2.29 bits per heavy atom. The first-order valence-electron chi connectivity index (χ1n) is 11.8. The number of nitrogens with one attached hydrogen (secondary N) is 1. The Morgan fingerprint density at radius 1 is 0.971 bits per heavy atom. The Labute approximate surface area is 204 Å². The number of para-hydroxylation sites is 1. The second kappa shape index (κ2) is 11.0. The third kappa shape index (κ3) is 6.35. The van der Waals surface area contributed by atoms with Gasteiger partial charge in [-0.25, -0.2) is 9.97 Å². The van der Waals surface area contributed by atoms with Crippen LogP contribution in [0.2, 0.25) is 0 Å². The second-order valence-corrected chi connectivity index (χ2v) is 8.90. The molecule has 8 nitrogen and oxygen atoms in total. The van der Waals surface area contributed by atoms with Crippen LogP contribution in [0, 0.1) is 12.8 Å². The standard InChI is InChI=1S/C27H29N3O5/c1-17-26(33)25(27(34)28-16-24(31)32)30-23(29-17)15-18-7-9-19(10-8-18)20-11-13-22(14-12-20)35-21-5-3-2-4-6-21/h2-6,11-14,18-19,33H,7-10,15-16H2,1H3,(H,28,34)(H,31,32). The highest BCUT2D eigenvalue weighted by Crippen LogP contribution is 2.37. The minimum atomic E-state index is -1.17. The summed E-state index contributed by atoms with van der Waals surface area (Å²) in [6.45, 7) is 1.07. The number of aliphatic carboxylic acids is 1. The van der Waals surface area contributed by atoms with Crippen molar-refractivity contribution < 1.29 is 24.5 Å². The zero-order valence-corrected chi connectivity index (χ0v) is 19.6. The van der Waals surface area contributed by atoms with E-state index in [0.29, 0.717) is 29.8 Å². The quantitative estimate of drug-likeness (QED) is 0.435. The summed E-state index contributed by atoms with van der Waals surface area (Å²) in [6, 6.07) is 18.0. The number of aromatic nitrogens is 2. The number of aromatic hydroxyl groups is 1. The van der Waals surface area contributed by atoms with E-state index in [1.54, 1.807) is 6.92 Å². The molecule has 1 fully saturated rings. The average molecular weight is 476 g/mol. The predicted molar refractivity (Wildman–Crippen MR) is 130 cm³/mol. The largest absolute Gasteiger partial charge is 0.504 e. The fourth-order valence-corrected chi connectivity index (χ4v) is 4.50. The van der Waals surface area contributed by atoms with E-state index in [4.69, 9.17) is 9.84 Å². The first-order chi connectivity index (χ1) is 16.9. The maximum Gasteiger partial charge on any atom is 0.322 e. The van der Waals surface area contributed by atoms with Crippen LogP contribution < -0.4 is 10.1 Å². The molecular formula is C27H29N3O5. The van der Waals surface area contributed by atoms with Gasteiger partial charge in [0.1, 0.15) is 23.9 Å². The van der Waals surface area contributed by atoms with Crippen LogP contribution in [0.4, 0.5) is 0 Å². The molecule has 0 atom stereocenters. The Morgan fingerprint density at radius 2 is 1.63 bits per heavy atom. The van der Waals surface area contributed by atoms with Crippen LogP contribution in [-0.4, -0.2) is 38.6 Å². The highest BCUT2D eigenvalue weighted by Gasteiger charge is 2.25. The number of hydrogen-bond donors (Lipinski definition) is 3. The highest BCUT2D eigenvalue weighted by atomic mass is 16.5. The van der Waals surface area contributed by atoms with Gasteiger partial charge in [0.2, 0.25) is 0 Å².